The van der Waals surface area contributed by atoms with E-state index in [-0.39, 0.29) is 5.91 Å². The van der Waals surface area contributed by atoms with Crippen molar-refractivity contribution >= 4 is 12.0 Å². The van der Waals surface area contributed by atoms with Gasteiger partial charge in [0.05, 0.1) is 7.11 Å². The third kappa shape index (κ3) is 2.73. The molecule has 0 aromatic heterocycles. The maximum absolute atomic E-state index is 11.2. The number of carbonyl (C=O) groups excluding carboxylic acids is 1. The molecule has 1 amide bonds. The molecular weight excluding hydrogens is 226 g/mol. The topological polar surface area (TPSA) is 38.3 Å². The molecule has 1 unspecified atom stereocenters. The summed E-state index contributed by atoms with van der Waals surface area (Å²) in [5.74, 6) is 1.38. The van der Waals surface area contributed by atoms with E-state index < -0.39 is 0 Å². The number of nitrogens with one attached hydrogen (secondary N) is 1. The van der Waals surface area contributed by atoms with Gasteiger partial charge in [0, 0.05) is 18.9 Å². The van der Waals surface area contributed by atoms with Crippen molar-refractivity contribution in [3.8, 4) is 5.75 Å². The van der Waals surface area contributed by atoms with E-state index in [1.807, 2.05) is 13.0 Å². The normalized spacial score (nSPS) is 16.4. The van der Waals surface area contributed by atoms with Gasteiger partial charge in [0.2, 0.25) is 5.91 Å². The van der Waals surface area contributed by atoms with Crippen molar-refractivity contribution in [1.29, 1.82) is 0 Å². The molecule has 3 heteroatoms. The van der Waals surface area contributed by atoms with Crippen LogP contribution in [0.4, 0.5) is 0 Å². The molecule has 0 fully saturated rings. The van der Waals surface area contributed by atoms with E-state index in [0.717, 1.165) is 18.7 Å². The Morgan fingerprint density at radius 1 is 1.44 bits per heavy atom. The zero-order chi connectivity index (χ0) is 13.0. The van der Waals surface area contributed by atoms with E-state index in [1.54, 1.807) is 7.11 Å². The van der Waals surface area contributed by atoms with E-state index in [4.69, 9.17) is 4.74 Å². The lowest BCUT2D eigenvalue weighted by molar-refractivity contribution is -0.120. The third-order valence-electron chi connectivity index (χ3n) is 3.30. The first kappa shape index (κ1) is 12.7. The maximum Gasteiger partial charge on any atom is 0.219 e. The predicted octanol–water partition coefficient (Wildman–Crippen LogP) is 2.72. The van der Waals surface area contributed by atoms with Crippen molar-refractivity contribution < 1.29 is 9.53 Å². The number of ether oxygens (including phenoxy) is 1. The molecule has 96 valence electrons. The predicted molar refractivity (Wildman–Crippen MR) is 72.7 cm³/mol. The lowest BCUT2D eigenvalue weighted by Crippen LogP contribution is -2.24. The Morgan fingerprint density at radius 2 is 2.28 bits per heavy atom. The first-order valence-electron chi connectivity index (χ1n) is 6.37. The average Bonchev–Trinajstić information content (AvgIpc) is 2.81. The SMILES string of the molecule is CCC(=O)NCCC1C=Cc2ccc(OC)cc21. The number of hydrogen-bond acceptors (Lipinski definition) is 2. The van der Waals surface area contributed by atoms with Gasteiger partial charge in [-0.1, -0.05) is 25.1 Å². The van der Waals surface area contributed by atoms with Crippen LogP contribution in [0.1, 0.15) is 36.8 Å². The van der Waals surface area contributed by atoms with Crippen LogP contribution in [0.3, 0.4) is 0 Å². The summed E-state index contributed by atoms with van der Waals surface area (Å²) in [7, 11) is 1.68. The van der Waals surface area contributed by atoms with Gasteiger partial charge in [0.15, 0.2) is 0 Å². The van der Waals surface area contributed by atoms with Gasteiger partial charge in [-0.25, -0.2) is 0 Å². The summed E-state index contributed by atoms with van der Waals surface area (Å²) < 4.78 is 5.25. The van der Waals surface area contributed by atoms with Crippen LogP contribution < -0.4 is 10.1 Å². The average molecular weight is 245 g/mol. The zero-order valence-electron chi connectivity index (χ0n) is 10.9. The second-order valence-corrected chi connectivity index (χ2v) is 4.45. The fourth-order valence-electron chi connectivity index (χ4n) is 2.22. The van der Waals surface area contributed by atoms with E-state index in [0.29, 0.717) is 12.3 Å². The summed E-state index contributed by atoms with van der Waals surface area (Å²) >= 11 is 0. The molecule has 0 aliphatic heterocycles. The number of amides is 1. The smallest absolute Gasteiger partial charge is 0.219 e. The van der Waals surface area contributed by atoms with Crippen LogP contribution in [0.2, 0.25) is 0 Å². The second kappa shape index (κ2) is 5.71. The quantitative estimate of drug-likeness (QED) is 0.866. The summed E-state index contributed by atoms with van der Waals surface area (Å²) in [6.45, 7) is 2.59. The molecule has 0 radical (unpaired) electrons. The molecule has 3 nitrogen and oxygen atoms in total. The molecule has 0 saturated carbocycles. The van der Waals surface area contributed by atoms with Crippen molar-refractivity contribution in [1.82, 2.24) is 5.32 Å². The fourth-order valence-corrected chi connectivity index (χ4v) is 2.22. The van der Waals surface area contributed by atoms with Crippen molar-refractivity contribution in [2.75, 3.05) is 13.7 Å². The van der Waals surface area contributed by atoms with Gasteiger partial charge in [-0.2, -0.15) is 0 Å². The molecule has 1 N–H and O–H groups in total. The second-order valence-electron chi connectivity index (χ2n) is 4.45. The Hall–Kier alpha value is -1.77. The van der Waals surface area contributed by atoms with Crippen LogP contribution in [0.5, 0.6) is 5.75 Å². The van der Waals surface area contributed by atoms with Gasteiger partial charge in [0.1, 0.15) is 5.75 Å². The van der Waals surface area contributed by atoms with Gasteiger partial charge in [-0.05, 0) is 29.7 Å². The lowest BCUT2D eigenvalue weighted by Gasteiger charge is -2.12. The van der Waals surface area contributed by atoms with Gasteiger partial charge in [0.25, 0.3) is 0 Å². The van der Waals surface area contributed by atoms with Crippen LogP contribution in [0.25, 0.3) is 6.08 Å². The largest absolute Gasteiger partial charge is 0.497 e. The van der Waals surface area contributed by atoms with Crippen molar-refractivity contribution in [2.45, 2.75) is 25.7 Å². The minimum Gasteiger partial charge on any atom is -0.497 e. The highest BCUT2D eigenvalue weighted by Crippen LogP contribution is 2.34. The molecule has 0 spiro atoms. The Bertz CT molecular complexity index is 466. The van der Waals surface area contributed by atoms with Crippen molar-refractivity contribution in [3.63, 3.8) is 0 Å². The standard InChI is InChI=1S/C15H19NO2/c1-3-15(17)16-9-8-12-5-4-11-6-7-13(18-2)10-14(11)12/h4-7,10,12H,3,8-9H2,1-2H3,(H,16,17). The Morgan fingerprint density at radius 3 is 3.00 bits per heavy atom. The van der Waals surface area contributed by atoms with Crippen molar-refractivity contribution in [3.05, 3.63) is 35.4 Å². The maximum atomic E-state index is 11.2. The summed E-state index contributed by atoms with van der Waals surface area (Å²) in [6.07, 6.45) is 5.82. The number of carbonyl (C=O) groups is 1. The third-order valence-corrected chi connectivity index (χ3v) is 3.30. The minimum absolute atomic E-state index is 0.114. The highest BCUT2D eigenvalue weighted by atomic mass is 16.5. The number of hydrogen-bond donors (Lipinski definition) is 1. The van der Waals surface area contributed by atoms with Crippen LogP contribution in [-0.2, 0) is 4.79 Å². The first-order valence-corrected chi connectivity index (χ1v) is 6.37. The molecule has 18 heavy (non-hydrogen) atoms. The van der Waals surface area contributed by atoms with Crippen LogP contribution in [0.15, 0.2) is 24.3 Å². The number of allylic oxidation sites excluding steroid dienone is 1. The molecule has 1 aliphatic rings. The summed E-state index contributed by atoms with van der Waals surface area (Å²) in [4.78, 5) is 11.2. The molecule has 0 saturated heterocycles. The molecular formula is C15H19NO2. The van der Waals surface area contributed by atoms with E-state index in [1.165, 1.54) is 11.1 Å². The van der Waals surface area contributed by atoms with E-state index >= 15 is 0 Å². The molecule has 1 aromatic rings. The summed E-state index contributed by atoms with van der Waals surface area (Å²) in [5.41, 5.74) is 2.54. The Balaban J connectivity index is 1.98. The van der Waals surface area contributed by atoms with Gasteiger partial charge in [-0.15, -0.1) is 0 Å². The number of methoxy groups -OCH3 is 1. The Labute approximate surface area is 108 Å². The highest BCUT2D eigenvalue weighted by molar-refractivity contribution is 5.75. The van der Waals surface area contributed by atoms with Crippen LogP contribution >= 0.6 is 0 Å². The molecule has 0 bridgehead atoms. The monoisotopic (exact) mass is 245 g/mol. The number of fused-ring (bicyclic) bond motifs is 1. The molecule has 2 rings (SSSR count). The summed E-state index contributed by atoms with van der Waals surface area (Å²) in [6, 6.07) is 6.14. The highest BCUT2D eigenvalue weighted by Gasteiger charge is 2.17. The van der Waals surface area contributed by atoms with E-state index in [9.17, 15) is 4.79 Å². The number of benzene rings is 1. The summed E-state index contributed by atoms with van der Waals surface area (Å²) in [5, 5.41) is 2.91. The van der Waals surface area contributed by atoms with Gasteiger partial charge in [-0.3, -0.25) is 4.79 Å². The molecule has 0 heterocycles. The zero-order valence-corrected chi connectivity index (χ0v) is 10.9. The van der Waals surface area contributed by atoms with Crippen LogP contribution in [0, 0.1) is 0 Å². The Kier molecular flexibility index (Phi) is 4.03. The molecule has 1 aliphatic carbocycles. The van der Waals surface area contributed by atoms with Gasteiger partial charge >= 0.3 is 0 Å². The fraction of sp³-hybridized carbons (Fsp3) is 0.400. The molecule has 1 aromatic carbocycles. The van der Waals surface area contributed by atoms with Crippen LogP contribution in [-0.4, -0.2) is 19.6 Å². The lowest BCUT2D eigenvalue weighted by atomic mass is 9.97. The minimum atomic E-state index is 0.114. The number of rotatable bonds is 5. The van der Waals surface area contributed by atoms with E-state index in [2.05, 4.69) is 29.6 Å². The van der Waals surface area contributed by atoms with Gasteiger partial charge < -0.3 is 10.1 Å². The molecule has 1 atom stereocenters. The van der Waals surface area contributed by atoms with Crippen molar-refractivity contribution in [2.24, 2.45) is 0 Å². The first-order chi connectivity index (χ1) is 8.74.